The van der Waals surface area contributed by atoms with Crippen LogP contribution in [0, 0.1) is 19.8 Å². The average Bonchev–Trinajstić information content (AvgIpc) is 2.44. The van der Waals surface area contributed by atoms with Crippen molar-refractivity contribution in [1.82, 2.24) is 10.2 Å². The Morgan fingerprint density at radius 3 is 2.35 bits per heavy atom. The first-order valence-electron chi connectivity index (χ1n) is 8.10. The van der Waals surface area contributed by atoms with Gasteiger partial charge in [-0.05, 0) is 49.3 Å². The molecule has 0 saturated carbocycles. The Morgan fingerprint density at radius 1 is 1.05 bits per heavy atom. The van der Waals surface area contributed by atoms with Crippen molar-refractivity contribution in [2.45, 2.75) is 46.6 Å². The van der Waals surface area contributed by atoms with E-state index in [9.17, 15) is 0 Å². The second-order valence-electron chi connectivity index (χ2n) is 6.62. The topological polar surface area (TPSA) is 15.3 Å². The Bertz CT molecular complexity index is 419. The van der Waals surface area contributed by atoms with Gasteiger partial charge in [0.15, 0.2) is 0 Å². The van der Waals surface area contributed by atoms with Crippen LogP contribution in [0.4, 0.5) is 0 Å². The summed E-state index contributed by atoms with van der Waals surface area (Å²) in [4.78, 5) is 2.67. The lowest BCUT2D eigenvalue weighted by Crippen LogP contribution is -2.45. The molecule has 1 N–H and O–H groups in total. The molecule has 1 aromatic rings. The van der Waals surface area contributed by atoms with Crippen LogP contribution in [0.3, 0.4) is 0 Å². The van der Waals surface area contributed by atoms with Crippen LogP contribution in [0.1, 0.15) is 49.4 Å². The summed E-state index contributed by atoms with van der Waals surface area (Å²) in [6.45, 7) is 13.7. The molecule has 1 heterocycles. The Hall–Kier alpha value is -0.860. The van der Waals surface area contributed by atoms with Crippen molar-refractivity contribution in [3.05, 3.63) is 34.9 Å². The maximum atomic E-state index is 3.46. The summed E-state index contributed by atoms with van der Waals surface area (Å²) in [5.74, 6) is 0.784. The SMILES string of the molecule is Cc1ccc([C@@H](CCC(C)C)N2CCNCC2)cc1C. The molecule has 1 aliphatic heterocycles. The van der Waals surface area contributed by atoms with Crippen molar-refractivity contribution >= 4 is 0 Å². The predicted molar refractivity (Wildman–Crippen MR) is 87.2 cm³/mol. The molecule has 1 atom stereocenters. The van der Waals surface area contributed by atoms with Crippen molar-refractivity contribution < 1.29 is 0 Å². The lowest BCUT2D eigenvalue weighted by molar-refractivity contribution is 0.159. The number of aryl methyl sites for hydroxylation is 2. The number of hydrogen-bond donors (Lipinski definition) is 1. The van der Waals surface area contributed by atoms with E-state index in [0.717, 1.165) is 19.0 Å². The molecule has 1 fully saturated rings. The molecular weight excluding hydrogens is 244 g/mol. The molecule has 0 aliphatic carbocycles. The second kappa shape index (κ2) is 7.24. The summed E-state index contributed by atoms with van der Waals surface area (Å²) in [5.41, 5.74) is 4.33. The fraction of sp³-hybridized carbons (Fsp3) is 0.667. The highest BCUT2D eigenvalue weighted by Crippen LogP contribution is 2.29. The molecule has 0 spiro atoms. The first-order chi connectivity index (χ1) is 9.58. The van der Waals surface area contributed by atoms with E-state index in [4.69, 9.17) is 0 Å². The predicted octanol–water partition coefficient (Wildman–Crippen LogP) is 3.69. The number of piperazine rings is 1. The van der Waals surface area contributed by atoms with Gasteiger partial charge in [-0.2, -0.15) is 0 Å². The number of rotatable bonds is 5. The third-order valence-corrected chi connectivity index (χ3v) is 4.53. The molecular formula is C18H30N2. The number of nitrogens with zero attached hydrogens (tertiary/aromatic N) is 1. The van der Waals surface area contributed by atoms with Crippen molar-refractivity contribution in [3.8, 4) is 0 Å². The maximum Gasteiger partial charge on any atom is 0.0349 e. The van der Waals surface area contributed by atoms with Crippen LogP contribution in [0.2, 0.25) is 0 Å². The molecule has 1 saturated heterocycles. The molecule has 0 bridgehead atoms. The average molecular weight is 274 g/mol. The molecule has 0 amide bonds. The van der Waals surface area contributed by atoms with Crippen LogP contribution in [-0.4, -0.2) is 31.1 Å². The van der Waals surface area contributed by atoms with Crippen LogP contribution in [0.15, 0.2) is 18.2 Å². The van der Waals surface area contributed by atoms with Gasteiger partial charge in [0, 0.05) is 32.2 Å². The minimum Gasteiger partial charge on any atom is -0.314 e. The minimum atomic E-state index is 0.596. The standard InChI is InChI=1S/C18H30N2/c1-14(2)5-8-18(20-11-9-19-10-12-20)17-7-6-15(3)16(4)13-17/h6-7,13-14,18-19H,5,8-12H2,1-4H3/t18-/m1/s1. The summed E-state index contributed by atoms with van der Waals surface area (Å²) < 4.78 is 0. The quantitative estimate of drug-likeness (QED) is 0.881. The van der Waals surface area contributed by atoms with Crippen molar-refractivity contribution in [1.29, 1.82) is 0 Å². The smallest absolute Gasteiger partial charge is 0.0349 e. The molecule has 1 aliphatic rings. The number of benzene rings is 1. The number of hydrogen-bond acceptors (Lipinski definition) is 2. The first-order valence-corrected chi connectivity index (χ1v) is 8.10. The molecule has 2 rings (SSSR count). The summed E-state index contributed by atoms with van der Waals surface area (Å²) in [6, 6.07) is 7.63. The monoisotopic (exact) mass is 274 g/mol. The van der Waals surface area contributed by atoms with Gasteiger partial charge in [-0.1, -0.05) is 32.0 Å². The largest absolute Gasteiger partial charge is 0.314 e. The zero-order valence-corrected chi connectivity index (χ0v) is 13.6. The van der Waals surface area contributed by atoms with Crippen molar-refractivity contribution in [3.63, 3.8) is 0 Å². The molecule has 2 nitrogen and oxygen atoms in total. The van der Waals surface area contributed by atoms with Gasteiger partial charge in [0.25, 0.3) is 0 Å². The number of nitrogens with one attached hydrogen (secondary N) is 1. The van der Waals surface area contributed by atoms with E-state index in [2.05, 4.69) is 56.1 Å². The zero-order valence-electron chi connectivity index (χ0n) is 13.6. The lowest BCUT2D eigenvalue weighted by atomic mass is 9.93. The molecule has 112 valence electrons. The van der Waals surface area contributed by atoms with E-state index < -0.39 is 0 Å². The van der Waals surface area contributed by atoms with Gasteiger partial charge >= 0.3 is 0 Å². The van der Waals surface area contributed by atoms with E-state index in [-0.39, 0.29) is 0 Å². The Labute approximate surface area is 124 Å². The van der Waals surface area contributed by atoms with E-state index in [1.807, 2.05) is 0 Å². The van der Waals surface area contributed by atoms with Gasteiger partial charge in [0.1, 0.15) is 0 Å². The van der Waals surface area contributed by atoms with Crippen LogP contribution in [0.25, 0.3) is 0 Å². The third kappa shape index (κ3) is 4.07. The highest BCUT2D eigenvalue weighted by atomic mass is 15.2. The maximum absolute atomic E-state index is 3.46. The fourth-order valence-electron chi connectivity index (χ4n) is 3.02. The minimum absolute atomic E-state index is 0.596. The molecule has 1 aromatic carbocycles. The van der Waals surface area contributed by atoms with Gasteiger partial charge in [0.05, 0.1) is 0 Å². The summed E-state index contributed by atoms with van der Waals surface area (Å²) in [5, 5.41) is 3.46. The Balaban J connectivity index is 2.17. The van der Waals surface area contributed by atoms with Gasteiger partial charge in [-0.25, -0.2) is 0 Å². The zero-order chi connectivity index (χ0) is 14.5. The fourth-order valence-corrected chi connectivity index (χ4v) is 3.02. The molecule has 2 heteroatoms. The Morgan fingerprint density at radius 2 is 1.75 bits per heavy atom. The van der Waals surface area contributed by atoms with E-state index in [1.54, 1.807) is 0 Å². The second-order valence-corrected chi connectivity index (χ2v) is 6.62. The molecule has 20 heavy (non-hydrogen) atoms. The highest BCUT2D eigenvalue weighted by molar-refractivity contribution is 5.31. The van der Waals surface area contributed by atoms with Crippen LogP contribution >= 0.6 is 0 Å². The molecule has 0 unspecified atom stereocenters. The van der Waals surface area contributed by atoms with Gasteiger partial charge in [-0.3, -0.25) is 4.90 Å². The van der Waals surface area contributed by atoms with Gasteiger partial charge < -0.3 is 5.32 Å². The molecule has 0 aromatic heterocycles. The van der Waals surface area contributed by atoms with Gasteiger partial charge in [0.2, 0.25) is 0 Å². The van der Waals surface area contributed by atoms with E-state index in [1.165, 1.54) is 42.6 Å². The molecule has 0 radical (unpaired) electrons. The first kappa shape index (κ1) is 15.5. The van der Waals surface area contributed by atoms with Crippen LogP contribution < -0.4 is 5.32 Å². The van der Waals surface area contributed by atoms with Gasteiger partial charge in [-0.15, -0.1) is 0 Å². The van der Waals surface area contributed by atoms with Crippen molar-refractivity contribution in [2.24, 2.45) is 5.92 Å². The Kier molecular flexibility index (Phi) is 5.62. The third-order valence-electron chi connectivity index (χ3n) is 4.53. The summed E-state index contributed by atoms with van der Waals surface area (Å²) in [7, 11) is 0. The normalized spacial score (nSPS) is 18.4. The lowest BCUT2D eigenvalue weighted by Gasteiger charge is -2.36. The summed E-state index contributed by atoms with van der Waals surface area (Å²) >= 11 is 0. The van der Waals surface area contributed by atoms with E-state index >= 15 is 0 Å². The van der Waals surface area contributed by atoms with Crippen molar-refractivity contribution in [2.75, 3.05) is 26.2 Å². The van der Waals surface area contributed by atoms with Crippen LogP contribution in [0.5, 0.6) is 0 Å². The highest BCUT2D eigenvalue weighted by Gasteiger charge is 2.22. The van der Waals surface area contributed by atoms with Crippen LogP contribution in [-0.2, 0) is 0 Å². The van der Waals surface area contributed by atoms with E-state index in [0.29, 0.717) is 6.04 Å². The summed E-state index contributed by atoms with van der Waals surface area (Å²) in [6.07, 6.45) is 2.59.